The van der Waals surface area contributed by atoms with Gasteiger partial charge in [-0.3, -0.25) is 4.90 Å². The lowest BCUT2D eigenvalue weighted by molar-refractivity contribution is 0.0365. The average molecular weight is 520 g/mol. The van der Waals surface area contributed by atoms with Crippen LogP contribution in [-0.2, 0) is 17.9 Å². The standard InChI is InChI=1S/C30H37N3O5/c1-35-27-12-7-6-11-26(27)31-30(34)33(16-8-15-32-17-19-37-20-18-32)22-25-13-14-28(29(21-25)36-2)38-23-24-9-4-3-5-10-24/h3-7,9-14,21H,8,15-20,22-23H2,1-2H3,(H,31,34). The first kappa shape index (κ1) is 27.3. The Morgan fingerprint density at radius 1 is 0.895 bits per heavy atom. The molecule has 0 radical (unpaired) electrons. The van der Waals surface area contributed by atoms with Crippen LogP contribution >= 0.6 is 0 Å². The van der Waals surface area contributed by atoms with Crippen LogP contribution in [0, 0.1) is 0 Å². The maximum atomic E-state index is 13.4. The Bertz CT molecular complexity index is 1150. The fraction of sp³-hybridized carbons (Fsp3) is 0.367. The van der Waals surface area contributed by atoms with Crippen LogP contribution in [0.15, 0.2) is 72.8 Å². The molecular weight excluding hydrogens is 482 g/mol. The number of anilines is 1. The lowest BCUT2D eigenvalue weighted by Gasteiger charge is -2.28. The van der Waals surface area contributed by atoms with E-state index in [4.69, 9.17) is 18.9 Å². The first-order valence-electron chi connectivity index (χ1n) is 13.0. The van der Waals surface area contributed by atoms with Crippen molar-refractivity contribution in [2.45, 2.75) is 19.6 Å². The molecule has 3 aromatic rings. The summed E-state index contributed by atoms with van der Waals surface area (Å²) in [6, 6.07) is 23.1. The van der Waals surface area contributed by atoms with E-state index in [0.717, 1.165) is 50.4 Å². The van der Waals surface area contributed by atoms with Crippen molar-refractivity contribution in [3.8, 4) is 17.2 Å². The van der Waals surface area contributed by atoms with E-state index in [-0.39, 0.29) is 6.03 Å². The zero-order valence-corrected chi connectivity index (χ0v) is 22.2. The number of ether oxygens (including phenoxy) is 4. The molecule has 1 heterocycles. The van der Waals surface area contributed by atoms with Crippen molar-refractivity contribution in [2.24, 2.45) is 0 Å². The Balaban J connectivity index is 1.44. The minimum absolute atomic E-state index is 0.181. The Hall–Kier alpha value is -3.75. The number of hydrogen-bond acceptors (Lipinski definition) is 6. The van der Waals surface area contributed by atoms with Gasteiger partial charge in [-0.1, -0.05) is 48.5 Å². The summed E-state index contributed by atoms with van der Waals surface area (Å²) in [7, 11) is 3.22. The van der Waals surface area contributed by atoms with Crippen molar-refractivity contribution in [3.63, 3.8) is 0 Å². The molecule has 0 unspecified atom stereocenters. The predicted molar refractivity (Wildman–Crippen MR) is 148 cm³/mol. The van der Waals surface area contributed by atoms with Gasteiger partial charge in [0.1, 0.15) is 12.4 Å². The van der Waals surface area contributed by atoms with E-state index in [2.05, 4.69) is 10.2 Å². The molecule has 8 heteroatoms. The fourth-order valence-corrected chi connectivity index (χ4v) is 4.39. The summed E-state index contributed by atoms with van der Waals surface area (Å²) >= 11 is 0. The third-order valence-electron chi connectivity index (χ3n) is 6.48. The van der Waals surface area contributed by atoms with Gasteiger partial charge in [0.05, 0.1) is 33.1 Å². The van der Waals surface area contributed by atoms with Gasteiger partial charge in [-0.15, -0.1) is 0 Å². The molecule has 1 aliphatic rings. The van der Waals surface area contributed by atoms with Gasteiger partial charge >= 0.3 is 6.03 Å². The van der Waals surface area contributed by atoms with Crippen LogP contribution in [0.25, 0.3) is 0 Å². The van der Waals surface area contributed by atoms with Gasteiger partial charge in [-0.2, -0.15) is 0 Å². The zero-order valence-electron chi connectivity index (χ0n) is 22.2. The van der Waals surface area contributed by atoms with E-state index in [9.17, 15) is 4.79 Å². The van der Waals surface area contributed by atoms with Gasteiger partial charge in [-0.25, -0.2) is 4.79 Å². The minimum Gasteiger partial charge on any atom is -0.495 e. The molecule has 2 amide bonds. The number of urea groups is 1. The van der Waals surface area contributed by atoms with Crippen LogP contribution < -0.4 is 19.5 Å². The number of rotatable bonds is 12. The summed E-state index contributed by atoms with van der Waals surface area (Å²) < 4.78 is 22.5. The number of morpholine rings is 1. The van der Waals surface area contributed by atoms with E-state index in [0.29, 0.717) is 42.6 Å². The number of carbonyl (C=O) groups is 1. The van der Waals surface area contributed by atoms with Gasteiger partial charge < -0.3 is 29.2 Å². The molecule has 0 bridgehead atoms. The molecule has 0 atom stereocenters. The highest BCUT2D eigenvalue weighted by molar-refractivity contribution is 5.91. The maximum Gasteiger partial charge on any atom is 0.322 e. The molecule has 3 aromatic carbocycles. The molecule has 0 aromatic heterocycles. The summed E-state index contributed by atoms with van der Waals surface area (Å²) in [4.78, 5) is 17.6. The van der Waals surface area contributed by atoms with Crippen molar-refractivity contribution in [2.75, 3.05) is 58.9 Å². The van der Waals surface area contributed by atoms with Crippen LogP contribution in [-0.4, -0.2) is 69.4 Å². The molecular formula is C30H37N3O5. The zero-order chi connectivity index (χ0) is 26.6. The van der Waals surface area contributed by atoms with Crippen molar-refractivity contribution in [1.82, 2.24) is 9.80 Å². The lowest BCUT2D eigenvalue weighted by Crippen LogP contribution is -2.40. The minimum atomic E-state index is -0.181. The molecule has 38 heavy (non-hydrogen) atoms. The Kier molecular flexibility index (Phi) is 10.2. The summed E-state index contributed by atoms with van der Waals surface area (Å²) in [5, 5.41) is 3.02. The Morgan fingerprint density at radius 3 is 2.39 bits per heavy atom. The monoisotopic (exact) mass is 519 g/mol. The van der Waals surface area contributed by atoms with Crippen molar-refractivity contribution in [3.05, 3.63) is 83.9 Å². The fourth-order valence-electron chi connectivity index (χ4n) is 4.39. The van der Waals surface area contributed by atoms with Crippen LogP contribution in [0.2, 0.25) is 0 Å². The molecule has 1 fully saturated rings. The first-order valence-corrected chi connectivity index (χ1v) is 13.0. The van der Waals surface area contributed by atoms with E-state index < -0.39 is 0 Å². The second kappa shape index (κ2) is 14.3. The highest BCUT2D eigenvalue weighted by Crippen LogP contribution is 2.30. The number of nitrogens with zero attached hydrogens (tertiary/aromatic N) is 2. The van der Waals surface area contributed by atoms with Crippen LogP contribution in [0.3, 0.4) is 0 Å². The quantitative estimate of drug-likeness (QED) is 0.362. The first-order chi connectivity index (χ1) is 18.7. The smallest absolute Gasteiger partial charge is 0.322 e. The van der Waals surface area contributed by atoms with Gasteiger partial charge in [0.2, 0.25) is 0 Å². The largest absolute Gasteiger partial charge is 0.495 e. The molecule has 0 spiro atoms. The van der Waals surface area contributed by atoms with Crippen LogP contribution in [0.5, 0.6) is 17.2 Å². The highest BCUT2D eigenvalue weighted by atomic mass is 16.5. The molecule has 1 saturated heterocycles. The summed E-state index contributed by atoms with van der Waals surface area (Å²) in [6.45, 7) is 5.77. The predicted octanol–water partition coefficient (Wildman–Crippen LogP) is 5.04. The molecule has 8 nitrogen and oxygen atoms in total. The third kappa shape index (κ3) is 7.87. The number of para-hydroxylation sites is 2. The topological polar surface area (TPSA) is 72.5 Å². The number of nitrogens with one attached hydrogen (secondary N) is 1. The summed E-state index contributed by atoms with van der Waals surface area (Å²) in [5.41, 5.74) is 2.67. The highest BCUT2D eigenvalue weighted by Gasteiger charge is 2.18. The SMILES string of the molecule is COc1ccccc1NC(=O)N(CCCN1CCOCC1)Cc1ccc(OCc2ccccc2)c(OC)c1. The Labute approximate surface area is 225 Å². The molecule has 0 saturated carbocycles. The number of benzene rings is 3. The van der Waals surface area contributed by atoms with Gasteiger partial charge in [0.25, 0.3) is 0 Å². The van der Waals surface area contributed by atoms with Gasteiger partial charge in [-0.05, 0) is 41.8 Å². The Morgan fingerprint density at radius 2 is 1.63 bits per heavy atom. The number of methoxy groups -OCH3 is 2. The molecule has 4 rings (SSSR count). The maximum absolute atomic E-state index is 13.4. The lowest BCUT2D eigenvalue weighted by atomic mass is 10.1. The number of hydrogen-bond donors (Lipinski definition) is 1. The molecule has 1 N–H and O–H groups in total. The van der Waals surface area contributed by atoms with E-state index in [1.54, 1.807) is 14.2 Å². The number of amides is 2. The van der Waals surface area contributed by atoms with E-state index >= 15 is 0 Å². The summed E-state index contributed by atoms with van der Waals surface area (Å²) in [6.07, 6.45) is 0.856. The van der Waals surface area contributed by atoms with Crippen LogP contribution in [0.4, 0.5) is 10.5 Å². The molecule has 202 valence electrons. The number of carbonyl (C=O) groups excluding carboxylic acids is 1. The average Bonchev–Trinajstić information content (AvgIpc) is 2.97. The second-order valence-corrected chi connectivity index (χ2v) is 9.12. The van der Waals surface area contributed by atoms with E-state index in [1.165, 1.54) is 0 Å². The summed E-state index contributed by atoms with van der Waals surface area (Å²) in [5.74, 6) is 1.92. The van der Waals surface area contributed by atoms with E-state index in [1.807, 2.05) is 77.7 Å². The molecule has 0 aliphatic carbocycles. The normalized spacial score (nSPS) is 13.5. The van der Waals surface area contributed by atoms with Crippen LogP contribution in [0.1, 0.15) is 17.5 Å². The second-order valence-electron chi connectivity index (χ2n) is 9.12. The third-order valence-corrected chi connectivity index (χ3v) is 6.48. The van der Waals surface area contributed by atoms with Gasteiger partial charge in [0, 0.05) is 32.7 Å². The van der Waals surface area contributed by atoms with Crippen molar-refractivity contribution in [1.29, 1.82) is 0 Å². The molecule has 1 aliphatic heterocycles. The van der Waals surface area contributed by atoms with Crippen molar-refractivity contribution >= 4 is 11.7 Å². The van der Waals surface area contributed by atoms with Gasteiger partial charge in [0.15, 0.2) is 11.5 Å². The van der Waals surface area contributed by atoms with Crippen molar-refractivity contribution < 1.29 is 23.7 Å².